The van der Waals surface area contributed by atoms with E-state index in [0.29, 0.717) is 23.9 Å². The summed E-state index contributed by atoms with van der Waals surface area (Å²) in [6.45, 7) is 5.58. The van der Waals surface area contributed by atoms with Gasteiger partial charge in [0, 0.05) is 57.2 Å². The molecule has 2 aliphatic rings. The van der Waals surface area contributed by atoms with Crippen LogP contribution in [0.1, 0.15) is 79.8 Å². The Hall–Kier alpha value is -2.64. The number of rotatable bonds is 7. The number of amides is 2. The third kappa shape index (κ3) is 5.22. The Morgan fingerprint density at radius 1 is 1.19 bits per heavy atom. The van der Waals surface area contributed by atoms with Gasteiger partial charge in [-0.15, -0.1) is 0 Å². The van der Waals surface area contributed by atoms with E-state index in [2.05, 4.69) is 26.9 Å². The molecule has 4 rings (SSSR count). The fourth-order valence-corrected chi connectivity index (χ4v) is 5.20. The number of aromatic nitrogens is 4. The summed E-state index contributed by atoms with van der Waals surface area (Å²) in [5, 5.41) is 7.79. The second kappa shape index (κ2) is 9.88. The zero-order valence-corrected chi connectivity index (χ0v) is 19.6. The van der Waals surface area contributed by atoms with E-state index in [-0.39, 0.29) is 17.9 Å². The third-order valence-electron chi connectivity index (χ3n) is 7.10. The molecule has 0 spiro atoms. The number of imidazole rings is 1. The molecule has 2 fully saturated rings. The molecule has 2 aromatic heterocycles. The van der Waals surface area contributed by atoms with E-state index in [1.54, 1.807) is 10.9 Å². The van der Waals surface area contributed by atoms with Crippen LogP contribution >= 0.6 is 0 Å². The van der Waals surface area contributed by atoms with Gasteiger partial charge in [-0.05, 0) is 51.9 Å². The van der Waals surface area contributed by atoms with E-state index in [4.69, 9.17) is 0 Å². The Morgan fingerprint density at radius 2 is 1.91 bits per heavy atom. The number of nitrogens with one attached hydrogen (secondary N) is 1. The predicted octanol–water partition coefficient (Wildman–Crippen LogP) is 3.03. The van der Waals surface area contributed by atoms with Crippen molar-refractivity contribution in [1.82, 2.24) is 29.5 Å². The molecule has 3 heterocycles. The second-order valence-electron chi connectivity index (χ2n) is 9.58. The normalized spacial score (nSPS) is 18.8. The Kier molecular flexibility index (Phi) is 6.96. The van der Waals surface area contributed by atoms with Gasteiger partial charge >= 0.3 is 0 Å². The van der Waals surface area contributed by atoms with Crippen LogP contribution in [-0.2, 0) is 18.3 Å². The largest absolute Gasteiger partial charge is 0.349 e. The number of carbonyl (C=O) groups excluding carboxylic acids is 2. The van der Waals surface area contributed by atoms with Crippen LogP contribution in [-0.4, -0.2) is 55.2 Å². The van der Waals surface area contributed by atoms with E-state index in [1.807, 2.05) is 31.3 Å². The molecule has 1 N–H and O–H groups in total. The molecule has 2 aromatic rings. The van der Waals surface area contributed by atoms with E-state index in [9.17, 15) is 9.59 Å². The lowest BCUT2D eigenvalue weighted by Gasteiger charge is -2.32. The smallest absolute Gasteiger partial charge is 0.254 e. The lowest BCUT2D eigenvalue weighted by atomic mass is 9.91. The molecule has 8 nitrogen and oxygen atoms in total. The SMILES string of the molecule is Cc1nccn1[C@@H](C)CC(=O)N1CCC(Cc2nn(C)cc2C(=O)NC2CCCC2)CC1. The van der Waals surface area contributed by atoms with E-state index in [1.165, 1.54) is 12.8 Å². The minimum Gasteiger partial charge on any atom is -0.349 e. The van der Waals surface area contributed by atoms with Gasteiger partial charge in [0.2, 0.25) is 5.91 Å². The van der Waals surface area contributed by atoms with E-state index >= 15 is 0 Å². The van der Waals surface area contributed by atoms with Gasteiger partial charge in [0.1, 0.15) is 5.82 Å². The number of likely N-dealkylation sites (tertiary alicyclic amines) is 1. The van der Waals surface area contributed by atoms with E-state index in [0.717, 1.165) is 56.7 Å². The molecule has 0 bridgehead atoms. The average Bonchev–Trinajstić information content (AvgIpc) is 3.50. The third-order valence-corrected chi connectivity index (χ3v) is 7.10. The molecule has 1 atom stereocenters. The molecule has 2 amide bonds. The molecule has 32 heavy (non-hydrogen) atoms. The lowest BCUT2D eigenvalue weighted by Crippen LogP contribution is -2.39. The standard InChI is InChI=1S/C24H36N6O2/c1-17(30-13-10-25-18(30)2)14-23(31)29-11-8-19(9-12-29)15-22-21(16-28(3)27-22)24(32)26-20-6-4-5-7-20/h10,13,16-17,19-20H,4-9,11-12,14-15H2,1-3H3,(H,26,32)/t17-/m0/s1. The Morgan fingerprint density at radius 3 is 2.56 bits per heavy atom. The zero-order valence-electron chi connectivity index (χ0n) is 19.6. The predicted molar refractivity (Wildman–Crippen MR) is 122 cm³/mol. The Balaban J connectivity index is 1.29. The number of nitrogens with zero attached hydrogens (tertiary/aromatic N) is 5. The quantitative estimate of drug-likeness (QED) is 0.717. The van der Waals surface area contributed by atoms with Gasteiger partial charge in [0.15, 0.2) is 0 Å². The maximum Gasteiger partial charge on any atom is 0.254 e. The van der Waals surface area contributed by atoms with Gasteiger partial charge in [-0.2, -0.15) is 5.10 Å². The summed E-state index contributed by atoms with van der Waals surface area (Å²) in [5.74, 6) is 1.60. The van der Waals surface area contributed by atoms with Crippen LogP contribution in [0.15, 0.2) is 18.6 Å². The zero-order chi connectivity index (χ0) is 22.7. The summed E-state index contributed by atoms with van der Waals surface area (Å²) in [6, 6.07) is 0.412. The summed E-state index contributed by atoms with van der Waals surface area (Å²) in [6.07, 6.45) is 13.3. The molecule has 0 aromatic carbocycles. The minimum atomic E-state index is 0.0106. The molecule has 1 saturated carbocycles. The van der Waals surface area contributed by atoms with Crippen molar-refractivity contribution in [2.75, 3.05) is 13.1 Å². The molecule has 1 aliphatic carbocycles. The monoisotopic (exact) mass is 440 g/mol. The van der Waals surface area contributed by atoms with Gasteiger partial charge in [-0.3, -0.25) is 14.3 Å². The number of hydrogen-bond acceptors (Lipinski definition) is 4. The molecule has 0 unspecified atom stereocenters. The lowest BCUT2D eigenvalue weighted by molar-refractivity contribution is -0.133. The topological polar surface area (TPSA) is 85.1 Å². The molecular formula is C24H36N6O2. The van der Waals surface area contributed by atoms with Crippen LogP contribution in [0.25, 0.3) is 0 Å². The van der Waals surface area contributed by atoms with Crippen LogP contribution in [0.2, 0.25) is 0 Å². The highest BCUT2D eigenvalue weighted by molar-refractivity contribution is 5.95. The number of piperidine rings is 1. The maximum atomic E-state index is 12.8. The highest BCUT2D eigenvalue weighted by Crippen LogP contribution is 2.25. The minimum absolute atomic E-state index is 0.0106. The first-order valence-corrected chi connectivity index (χ1v) is 12.0. The first-order valence-electron chi connectivity index (χ1n) is 12.0. The Labute approximate surface area is 190 Å². The van der Waals surface area contributed by atoms with Crippen molar-refractivity contribution >= 4 is 11.8 Å². The van der Waals surface area contributed by atoms with Gasteiger partial charge in [-0.1, -0.05) is 12.8 Å². The first-order chi connectivity index (χ1) is 15.4. The first kappa shape index (κ1) is 22.6. The van der Waals surface area contributed by atoms with Crippen molar-refractivity contribution in [3.05, 3.63) is 35.7 Å². The fraction of sp³-hybridized carbons (Fsp3) is 0.667. The van der Waals surface area contributed by atoms with Gasteiger partial charge in [0.25, 0.3) is 5.91 Å². The summed E-state index contributed by atoms with van der Waals surface area (Å²) >= 11 is 0. The van der Waals surface area contributed by atoms with Crippen molar-refractivity contribution in [3.63, 3.8) is 0 Å². The van der Waals surface area contributed by atoms with Crippen LogP contribution in [0.4, 0.5) is 0 Å². The van der Waals surface area contributed by atoms with Crippen molar-refractivity contribution in [3.8, 4) is 0 Å². The number of carbonyl (C=O) groups is 2. The van der Waals surface area contributed by atoms with Crippen molar-refractivity contribution in [1.29, 1.82) is 0 Å². The summed E-state index contributed by atoms with van der Waals surface area (Å²) in [5.41, 5.74) is 1.60. The molecule has 1 aliphatic heterocycles. The molecule has 0 radical (unpaired) electrons. The summed E-state index contributed by atoms with van der Waals surface area (Å²) in [7, 11) is 1.88. The van der Waals surface area contributed by atoms with Crippen LogP contribution in [0.5, 0.6) is 0 Å². The maximum absolute atomic E-state index is 12.8. The van der Waals surface area contributed by atoms with Crippen LogP contribution in [0.3, 0.4) is 0 Å². The molecular weight excluding hydrogens is 404 g/mol. The van der Waals surface area contributed by atoms with Gasteiger partial charge in [-0.25, -0.2) is 4.98 Å². The molecule has 1 saturated heterocycles. The molecule has 174 valence electrons. The van der Waals surface area contributed by atoms with E-state index < -0.39 is 0 Å². The summed E-state index contributed by atoms with van der Waals surface area (Å²) in [4.78, 5) is 31.9. The molecule has 8 heteroatoms. The van der Waals surface area contributed by atoms with Crippen molar-refractivity contribution < 1.29 is 9.59 Å². The van der Waals surface area contributed by atoms with Gasteiger partial charge in [0.05, 0.1) is 11.3 Å². The van der Waals surface area contributed by atoms with Gasteiger partial charge < -0.3 is 14.8 Å². The average molecular weight is 441 g/mol. The van der Waals surface area contributed by atoms with Crippen LogP contribution in [0, 0.1) is 12.8 Å². The van der Waals surface area contributed by atoms with Crippen LogP contribution < -0.4 is 5.32 Å². The number of hydrogen-bond donors (Lipinski definition) is 1. The Bertz CT molecular complexity index is 934. The fourth-order valence-electron chi connectivity index (χ4n) is 5.20. The van der Waals surface area contributed by atoms with Crippen molar-refractivity contribution in [2.45, 2.75) is 77.3 Å². The number of aryl methyl sites for hydroxylation is 2. The highest BCUT2D eigenvalue weighted by Gasteiger charge is 2.27. The second-order valence-corrected chi connectivity index (χ2v) is 9.58. The summed E-state index contributed by atoms with van der Waals surface area (Å²) < 4.78 is 3.81. The van der Waals surface area contributed by atoms with Crippen molar-refractivity contribution in [2.24, 2.45) is 13.0 Å². The highest BCUT2D eigenvalue weighted by atomic mass is 16.2.